The van der Waals surface area contributed by atoms with Crippen LogP contribution in [0.3, 0.4) is 0 Å². The Bertz CT molecular complexity index is 970. The van der Waals surface area contributed by atoms with E-state index in [9.17, 15) is 14.7 Å². The third-order valence-corrected chi connectivity index (χ3v) is 4.13. The third-order valence-electron chi connectivity index (χ3n) is 4.13. The first-order valence-corrected chi connectivity index (χ1v) is 8.05. The number of rotatable bonds is 5. The lowest BCUT2D eigenvalue weighted by molar-refractivity contribution is 0.0687. The molecular formula is C20H17NO5. The van der Waals surface area contributed by atoms with Crippen molar-refractivity contribution < 1.29 is 24.3 Å². The summed E-state index contributed by atoms with van der Waals surface area (Å²) in [6, 6.07) is 13.4. The first kappa shape index (κ1) is 17.4. The molecule has 0 aliphatic rings. The Morgan fingerprint density at radius 2 is 1.65 bits per heavy atom. The first-order valence-electron chi connectivity index (χ1n) is 8.05. The molecule has 26 heavy (non-hydrogen) atoms. The van der Waals surface area contributed by atoms with Crippen LogP contribution in [-0.2, 0) is 0 Å². The molecule has 0 aliphatic carbocycles. The van der Waals surface area contributed by atoms with Gasteiger partial charge in [-0.3, -0.25) is 0 Å². The lowest BCUT2D eigenvalue weighted by atomic mass is 9.98. The molecule has 0 saturated carbocycles. The largest absolute Gasteiger partial charge is 0.478 e. The van der Waals surface area contributed by atoms with Gasteiger partial charge in [-0.25, -0.2) is 9.59 Å². The van der Waals surface area contributed by atoms with Gasteiger partial charge in [-0.2, -0.15) is 0 Å². The third kappa shape index (κ3) is 3.21. The van der Waals surface area contributed by atoms with Gasteiger partial charge >= 0.3 is 11.9 Å². The maximum atomic E-state index is 11.8. The fraction of sp³-hybridized carbons (Fsp3) is 0.150. The van der Waals surface area contributed by atoms with E-state index in [0.29, 0.717) is 17.0 Å². The molecule has 0 amide bonds. The summed E-state index contributed by atoms with van der Waals surface area (Å²) in [5, 5.41) is 22.7. The van der Waals surface area contributed by atoms with E-state index in [-0.39, 0.29) is 22.6 Å². The SMILES string of the molecule is CC(C)c1ccc(-c2noc(-c3cccc(C(=O)O)c3)c2C(=O)O)cc1. The van der Waals surface area contributed by atoms with Crippen molar-refractivity contribution in [3.63, 3.8) is 0 Å². The Morgan fingerprint density at radius 1 is 0.962 bits per heavy atom. The molecule has 132 valence electrons. The zero-order valence-electron chi connectivity index (χ0n) is 14.3. The lowest BCUT2D eigenvalue weighted by Gasteiger charge is -2.06. The minimum absolute atomic E-state index is 0.0311. The summed E-state index contributed by atoms with van der Waals surface area (Å²) in [6.45, 7) is 4.14. The van der Waals surface area contributed by atoms with Crippen molar-refractivity contribution in [2.45, 2.75) is 19.8 Å². The second kappa shape index (κ2) is 6.84. The molecule has 6 nitrogen and oxygen atoms in total. The summed E-state index contributed by atoms with van der Waals surface area (Å²) < 4.78 is 5.29. The van der Waals surface area contributed by atoms with Crippen LogP contribution in [0.2, 0.25) is 0 Å². The molecule has 0 radical (unpaired) electrons. The molecule has 2 aromatic carbocycles. The minimum Gasteiger partial charge on any atom is -0.478 e. The molecule has 3 aromatic rings. The zero-order valence-corrected chi connectivity index (χ0v) is 14.3. The van der Waals surface area contributed by atoms with Crippen molar-refractivity contribution in [1.82, 2.24) is 5.16 Å². The predicted octanol–water partition coefficient (Wildman–Crippen LogP) is 4.53. The van der Waals surface area contributed by atoms with Gasteiger partial charge in [-0.05, 0) is 23.6 Å². The van der Waals surface area contributed by atoms with E-state index in [2.05, 4.69) is 19.0 Å². The van der Waals surface area contributed by atoms with Crippen LogP contribution >= 0.6 is 0 Å². The van der Waals surface area contributed by atoms with Gasteiger partial charge in [-0.15, -0.1) is 0 Å². The van der Waals surface area contributed by atoms with Crippen molar-refractivity contribution in [1.29, 1.82) is 0 Å². The average Bonchev–Trinajstić information content (AvgIpc) is 3.07. The van der Waals surface area contributed by atoms with Crippen LogP contribution in [0.4, 0.5) is 0 Å². The van der Waals surface area contributed by atoms with Crippen LogP contribution in [0.25, 0.3) is 22.6 Å². The van der Waals surface area contributed by atoms with E-state index in [0.717, 1.165) is 5.56 Å². The van der Waals surface area contributed by atoms with Crippen molar-refractivity contribution in [2.24, 2.45) is 0 Å². The number of aromatic carboxylic acids is 2. The summed E-state index contributed by atoms with van der Waals surface area (Å²) in [4.78, 5) is 23.0. The van der Waals surface area contributed by atoms with Gasteiger partial charge in [0.25, 0.3) is 0 Å². The van der Waals surface area contributed by atoms with E-state index >= 15 is 0 Å². The number of aromatic nitrogens is 1. The summed E-state index contributed by atoms with van der Waals surface area (Å²) in [5.74, 6) is -1.91. The van der Waals surface area contributed by atoms with E-state index in [1.165, 1.54) is 18.2 Å². The maximum absolute atomic E-state index is 11.8. The first-order chi connectivity index (χ1) is 12.4. The Labute approximate surface area is 149 Å². The zero-order chi connectivity index (χ0) is 18.8. The molecule has 0 atom stereocenters. The molecule has 0 spiro atoms. The summed E-state index contributed by atoms with van der Waals surface area (Å²) in [6.07, 6.45) is 0. The van der Waals surface area contributed by atoms with Crippen molar-refractivity contribution in [2.75, 3.05) is 0 Å². The maximum Gasteiger partial charge on any atom is 0.342 e. The minimum atomic E-state index is -1.19. The molecule has 3 rings (SSSR count). The normalized spacial score (nSPS) is 10.9. The molecule has 0 aliphatic heterocycles. The van der Waals surface area contributed by atoms with Crippen molar-refractivity contribution in [3.05, 3.63) is 65.2 Å². The fourth-order valence-corrected chi connectivity index (χ4v) is 2.70. The summed E-state index contributed by atoms with van der Waals surface area (Å²) in [7, 11) is 0. The number of carbonyl (C=O) groups is 2. The fourth-order valence-electron chi connectivity index (χ4n) is 2.70. The van der Waals surface area contributed by atoms with Gasteiger partial charge in [0, 0.05) is 11.1 Å². The van der Waals surface area contributed by atoms with Gasteiger partial charge in [0.05, 0.1) is 5.56 Å². The molecule has 2 N–H and O–H groups in total. The summed E-state index contributed by atoms with van der Waals surface area (Å²) in [5.41, 5.74) is 2.26. The molecular weight excluding hydrogens is 334 g/mol. The van der Waals surface area contributed by atoms with E-state index in [4.69, 9.17) is 9.63 Å². The van der Waals surface area contributed by atoms with Gasteiger partial charge in [-0.1, -0.05) is 55.4 Å². The van der Waals surface area contributed by atoms with Crippen LogP contribution in [0, 0.1) is 0 Å². The molecule has 0 bridgehead atoms. The average molecular weight is 351 g/mol. The molecule has 0 fully saturated rings. The topological polar surface area (TPSA) is 101 Å². The second-order valence-corrected chi connectivity index (χ2v) is 6.20. The quantitative estimate of drug-likeness (QED) is 0.700. The number of benzene rings is 2. The molecule has 0 unspecified atom stereocenters. The van der Waals surface area contributed by atoms with Crippen LogP contribution in [-0.4, -0.2) is 27.3 Å². The smallest absolute Gasteiger partial charge is 0.342 e. The van der Waals surface area contributed by atoms with Gasteiger partial charge in [0.2, 0.25) is 0 Å². The predicted molar refractivity (Wildman–Crippen MR) is 95.4 cm³/mol. The van der Waals surface area contributed by atoms with E-state index in [1.807, 2.05) is 12.1 Å². The van der Waals surface area contributed by atoms with Crippen molar-refractivity contribution >= 4 is 11.9 Å². The van der Waals surface area contributed by atoms with Crippen LogP contribution in [0.15, 0.2) is 53.1 Å². The Balaban J connectivity index is 2.11. The number of hydrogen-bond acceptors (Lipinski definition) is 4. The molecule has 6 heteroatoms. The summed E-state index contributed by atoms with van der Waals surface area (Å²) >= 11 is 0. The number of hydrogen-bond donors (Lipinski definition) is 2. The van der Waals surface area contributed by atoms with Crippen LogP contribution in [0.5, 0.6) is 0 Å². The highest BCUT2D eigenvalue weighted by Crippen LogP contribution is 2.33. The molecule has 0 saturated heterocycles. The highest BCUT2D eigenvalue weighted by atomic mass is 16.5. The van der Waals surface area contributed by atoms with E-state index < -0.39 is 11.9 Å². The Morgan fingerprint density at radius 3 is 2.23 bits per heavy atom. The van der Waals surface area contributed by atoms with Gasteiger partial charge < -0.3 is 14.7 Å². The Hall–Kier alpha value is -3.41. The molecule has 1 aromatic heterocycles. The molecule has 1 heterocycles. The van der Waals surface area contributed by atoms with Crippen molar-refractivity contribution in [3.8, 4) is 22.6 Å². The van der Waals surface area contributed by atoms with E-state index in [1.54, 1.807) is 18.2 Å². The highest BCUT2D eigenvalue weighted by Gasteiger charge is 2.25. The number of nitrogens with zero attached hydrogens (tertiary/aromatic N) is 1. The number of carboxylic acids is 2. The van der Waals surface area contributed by atoms with Crippen LogP contribution < -0.4 is 0 Å². The standard InChI is InChI=1S/C20H17NO5/c1-11(2)12-6-8-13(9-7-12)17-16(20(24)25)18(26-21-17)14-4-3-5-15(10-14)19(22)23/h3-11H,1-2H3,(H,22,23)(H,24,25). The lowest BCUT2D eigenvalue weighted by Crippen LogP contribution is -2.01. The van der Waals surface area contributed by atoms with Gasteiger partial charge in [0.1, 0.15) is 11.3 Å². The number of carboxylic acid groups (broad SMARTS) is 2. The monoisotopic (exact) mass is 351 g/mol. The van der Waals surface area contributed by atoms with Crippen LogP contribution in [0.1, 0.15) is 46.0 Å². The highest BCUT2D eigenvalue weighted by molar-refractivity contribution is 6.01. The van der Waals surface area contributed by atoms with Gasteiger partial charge in [0.15, 0.2) is 5.76 Å². The Kier molecular flexibility index (Phi) is 4.58. The second-order valence-electron chi connectivity index (χ2n) is 6.20.